The van der Waals surface area contributed by atoms with Gasteiger partial charge in [-0.15, -0.1) is 12.1 Å². The molecular weight excluding hydrogens is 310 g/mol. The van der Waals surface area contributed by atoms with E-state index in [1.807, 2.05) is 0 Å². The Kier molecular flexibility index (Phi) is 3.84. The fourth-order valence-corrected chi connectivity index (χ4v) is 0.442. The number of nitrogens with zero attached hydrogens (tertiary/aromatic N) is 1. The van der Waals surface area contributed by atoms with Crippen molar-refractivity contribution in [2.24, 2.45) is 0 Å². The minimum Gasteiger partial charge on any atom is -0.533 e. The van der Waals surface area contributed by atoms with Crippen LogP contribution in [0.15, 0.2) is 18.3 Å². The van der Waals surface area contributed by atoms with E-state index in [-0.39, 0.29) is 25.8 Å². The Hall–Kier alpha value is -0.731. The van der Waals surface area contributed by atoms with Crippen molar-refractivity contribution in [3.05, 3.63) is 30.1 Å². The van der Waals surface area contributed by atoms with Gasteiger partial charge in [-0.05, 0) is 6.20 Å². The fraction of sp³-hybridized carbons (Fsp3) is 0. The molecule has 0 saturated carbocycles. The first-order valence-electron chi connectivity index (χ1n) is 2.36. The Balaban J connectivity index is 0.000000810. The van der Waals surface area contributed by atoms with Crippen LogP contribution < -0.4 is 0 Å². The Morgan fingerprint density at radius 1 is 1.70 bits per heavy atom. The predicted molar refractivity (Wildman–Crippen MR) is 30.0 cm³/mol. The summed E-state index contributed by atoms with van der Waals surface area (Å²) in [5.74, 6) is -1.05. The maximum atomic E-state index is 10.1. The van der Waals surface area contributed by atoms with Crippen LogP contribution in [0.4, 0.5) is 0 Å². The van der Waals surface area contributed by atoms with Crippen LogP contribution in [0.5, 0.6) is 0 Å². The van der Waals surface area contributed by atoms with E-state index < -0.39 is 5.97 Å². The number of hydrogen-bond donors (Lipinski definition) is 1. The van der Waals surface area contributed by atoms with Crippen LogP contribution in [0.1, 0.15) is 10.5 Å². The van der Waals surface area contributed by atoms with Gasteiger partial charge in [-0.2, -0.15) is 6.07 Å². The van der Waals surface area contributed by atoms with Crippen molar-refractivity contribution in [2.45, 2.75) is 0 Å². The second kappa shape index (κ2) is 4.14. The van der Waals surface area contributed by atoms with E-state index in [0.717, 1.165) is 0 Å². The Morgan fingerprint density at radius 3 is 2.70 bits per heavy atom. The van der Waals surface area contributed by atoms with Gasteiger partial charge in [0, 0.05) is 25.8 Å². The van der Waals surface area contributed by atoms with Crippen LogP contribution in [0, 0.1) is 6.07 Å². The molecule has 1 aromatic rings. The van der Waals surface area contributed by atoms with Crippen LogP contribution in [0.25, 0.3) is 0 Å². The van der Waals surface area contributed by atoms with Gasteiger partial charge in [0.25, 0.3) is 0 Å². The first-order chi connectivity index (χ1) is 4.30. The summed E-state index contributed by atoms with van der Waals surface area (Å²) in [5.41, 5.74) is -0.0440. The number of carbonyl (C=O) groups is 1. The van der Waals surface area contributed by atoms with Gasteiger partial charge in [0.2, 0.25) is 5.97 Å². The molecule has 0 bridgehead atoms. The smallest absolute Gasteiger partial charge is 0.247 e. The second-order valence-corrected chi connectivity index (χ2v) is 1.44. The Labute approximate surface area is 71.5 Å². The number of hydrogen-bond acceptors (Lipinski definition) is 2. The van der Waals surface area contributed by atoms with E-state index in [4.69, 9.17) is 5.11 Å². The molecule has 0 aromatic carbocycles. The molecule has 1 N–H and O–H groups in total. The fourth-order valence-electron chi connectivity index (χ4n) is 0.442. The molecule has 0 fully saturated rings. The molecule has 1 heterocycles. The van der Waals surface area contributed by atoms with Gasteiger partial charge in [0.05, 0.1) is 0 Å². The normalized spacial score (nSPS) is 8.00. The molecule has 1 radical (unpaired) electrons. The SMILES string of the molecule is O=C(O)c1[c-]cccn1.[Ir]. The van der Waals surface area contributed by atoms with Crippen molar-refractivity contribution in [3.63, 3.8) is 0 Å². The largest absolute Gasteiger partial charge is 0.533 e. The van der Waals surface area contributed by atoms with Crippen LogP contribution in [0.3, 0.4) is 0 Å². The van der Waals surface area contributed by atoms with Gasteiger partial charge in [-0.25, -0.2) is 0 Å². The second-order valence-electron chi connectivity index (χ2n) is 1.44. The molecule has 0 aliphatic rings. The zero-order valence-corrected chi connectivity index (χ0v) is 7.26. The standard InChI is InChI=1S/C6H4NO2.Ir/c8-6(9)5-3-1-2-4-7-5;/h1-2,4H,(H,8,9);/q-1;. The van der Waals surface area contributed by atoms with E-state index in [2.05, 4.69) is 11.1 Å². The third kappa shape index (κ3) is 2.25. The van der Waals surface area contributed by atoms with E-state index >= 15 is 0 Å². The van der Waals surface area contributed by atoms with Crippen molar-refractivity contribution >= 4 is 5.97 Å². The molecule has 4 heteroatoms. The van der Waals surface area contributed by atoms with E-state index in [1.165, 1.54) is 12.3 Å². The molecule has 55 valence electrons. The number of aromatic nitrogens is 1. The summed E-state index contributed by atoms with van der Waals surface area (Å²) in [6, 6.07) is 5.59. The minimum absolute atomic E-state index is 0. The van der Waals surface area contributed by atoms with Gasteiger partial charge in [-0.1, -0.05) is 0 Å². The number of pyridine rings is 1. The van der Waals surface area contributed by atoms with Crippen molar-refractivity contribution in [3.8, 4) is 0 Å². The summed E-state index contributed by atoms with van der Waals surface area (Å²) in [4.78, 5) is 13.6. The molecule has 0 aliphatic heterocycles. The molecule has 0 saturated heterocycles. The number of carboxylic acids is 1. The van der Waals surface area contributed by atoms with E-state index in [1.54, 1.807) is 6.07 Å². The molecule has 10 heavy (non-hydrogen) atoms. The van der Waals surface area contributed by atoms with Gasteiger partial charge in [0.1, 0.15) is 0 Å². The van der Waals surface area contributed by atoms with Gasteiger partial charge < -0.3 is 9.90 Å². The van der Waals surface area contributed by atoms with Crippen LogP contribution in [-0.2, 0) is 20.1 Å². The summed E-state index contributed by atoms with van der Waals surface area (Å²) in [5, 5.41) is 8.29. The quantitative estimate of drug-likeness (QED) is 0.772. The average molecular weight is 314 g/mol. The molecule has 0 atom stereocenters. The molecule has 0 amide bonds. The summed E-state index contributed by atoms with van der Waals surface area (Å²) in [6.07, 6.45) is 1.42. The van der Waals surface area contributed by atoms with Gasteiger partial charge >= 0.3 is 0 Å². The summed E-state index contributed by atoms with van der Waals surface area (Å²) < 4.78 is 0. The summed E-state index contributed by atoms with van der Waals surface area (Å²) >= 11 is 0. The van der Waals surface area contributed by atoms with Gasteiger partial charge in [-0.3, -0.25) is 4.98 Å². The zero-order valence-electron chi connectivity index (χ0n) is 4.87. The molecular formula is C6H4IrNO2-. The first-order valence-corrected chi connectivity index (χ1v) is 2.36. The van der Waals surface area contributed by atoms with Gasteiger partial charge in [0.15, 0.2) is 0 Å². The Morgan fingerprint density at radius 2 is 2.40 bits per heavy atom. The first kappa shape index (κ1) is 9.27. The topological polar surface area (TPSA) is 50.2 Å². The Bertz CT molecular complexity index is 212. The molecule has 3 nitrogen and oxygen atoms in total. The van der Waals surface area contributed by atoms with E-state index in [0.29, 0.717) is 0 Å². The average Bonchev–Trinajstić information content (AvgIpc) is 1.90. The number of rotatable bonds is 1. The van der Waals surface area contributed by atoms with Crippen molar-refractivity contribution in [1.82, 2.24) is 4.98 Å². The van der Waals surface area contributed by atoms with E-state index in [9.17, 15) is 4.79 Å². The molecule has 0 aliphatic carbocycles. The number of carboxylic acid groups (broad SMARTS) is 1. The summed E-state index contributed by atoms with van der Waals surface area (Å²) in [7, 11) is 0. The molecule has 1 rings (SSSR count). The van der Waals surface area contributed by atoms with Crippen LogP contribution >= 0.6 is 0 Å². The monoisotopic (exact) mass is 315 g/mol. The van der Waals surface area contributed by atoms with Crippen LogP contribution in [-0.4, -0.2) is 16.1 Å². The van der Waals surface area contributed by atoms with Crippen molar-refractivity contribution in [1.29, 1.82) is 0 Å². The zero-order chi connectivity index (χ0) is 6.69. The van der Waals surface area contributed by atoms with Crippen molar-refractivity contribution < 1.29 is 30.0 Å². The molecule has 1 aromatic heterocycles. The predicted octanol–water partition coefficient (Wildman–Crippen LogP) is 0.577. The third-order valence-electron chi connectivity index (χ3n) is 0.809. The molecule has 0 spiro atoms. The molecule has 0 unspecified atom stereocenters. The number of aromatic carboxylic acids is 1. The maximum absolute atomic E-state index is 10.1. The van der Waals surface area contributed by atoms with Crippen molar-refractivity contribution in [2.75, 3.05) is 0 Å². The summed E-state index contributed by atoms with van der Waals surface area (Å²) in [6.45, 7) is 0. The maximum Gasteiger partial charge on any atom is 0.247 e. The third-order valence-corrected chi connectivity index (χ3v) is 0.809. The minimum atomic E-state index is -1.05. The van der Waals surface area contributed by atoms with Crippen LogP contribution in [0.2, 0.25) is 0 Å².